The number of aryl methyl sites for hydroxylation is 1. The average molecular weight is 263 g/mol. The molecule has 0 atom stereocenters. The van der Waals surface area contributed by atoms with E-state index in [1.54, 1.807) is 19.1 Å². The first-order valence-corrected chi connectivity index (χ1v) is 5.84. The molecular formula is C14H14FNO3. The molecule has 0 bridgehead atoms. The van der Waals surface area contributed by atoms with Crippen LogP contribution in [0.4, 0.5) is 4.39 Å². The SMILES string of the molecule is Cc1cc(CNCc2cccc(F)c2)oc1C(=O)O. The second-order valence-corrected chi connectivity index (χ2v) is 4.26. The van der Waals surface area contributed by atoms with E-state index in [0.29, 0.717) is 24.4 Å². The van der Waals surface area contributed by atoms with Gasteiger partial charge in [-0.3, -0.25) is 0 Å². The number of hydrogen-bond donors (Lipinski definition) is 2. The Hall–Kier alpha value is -2.14. The van der Waals surface area contributed by atoms with Gasteiger partial charge in [0, 0.05) is 12.1 Å². The quantitative estimate of drug-likeness (QED) is 0.870. The summed E-state index contributed by atoms with van der Waals surface area (Å²) < 4.78 is 18.2. The molecule has 0 aliphatic rings. The number of hydrogen-bond acceptors (Lipinski definition) is 3. The van der Waals surface area contributed by atoms with E-state index < -0.39 is 5.97 Å². The molecule has 0 spiro atoms. The summed E-state index contributed by atoms with van der Waals surface area (Å²) in [6, 6.07) is 7.97. The van der Waals surface area contributed by atoms with Crippen LogP contribution in [0.25, 0.3) is 0 Å². The van der Waals surface area contributed by atoms with Crippen LogP contribution in [0.5, 0.6) is 0 Å². The minimum atomic E-state index is -1.08. The van der Waals surface area contributed by atoms with Gasteiger partial charge in [0.05, 0.1) is 6.54 Å². The molecule has 1 aromatic carbocycles. The number of benzene rings is 1. The molecule has 0 aliphatic heterocycles. The molecule has 2 aromatic rings. The third-order valence-corrected chi connectivity index (χ3v) is 2.68. The molecule has 2 N–H and O–H groups in total. The third-order valence-electron chi connectivity index (χ3n) is 2.68. The van der Waals surface area contributed by atoms with E-state index in [-0.39, 0.29) is 11.6 Å². The van der Waals surface area contributed by atoms with Crippen molar-refractivity contribution in [2.45, 2.75) is 20.0 Å². The molecule has 0 saturated heterocycles. The minimum absolute atomic E-state index is 0.0393. The number of carboxylic acids is 1. The fraction of sp³-hybridized carbons (Fsp3) is 0.214. The molecule has 5 heteroatoms. The maximum absolute atomic E-state index is 13.0. The van der Waals surface area contributed by atoms with E-state index in [0.717, 1.165) is 5.56 Å². The number of rotatable bonds is 5. The van der Waals surface area contributed by atoms with Crippen molar-refractivity contribution < 1.29 is 18.7 Å². The smallest absolute Gasteiger partial charge is 0.372 e. The van der Waals surface area contributed by atoms with Crippen molar-refractivity contribution >= 4 is 5.97 Å². The highest BCUT2D eigenvalue weighted by molar-refractivity contribution is 5.86. The topological polar surface area (TPSA) is 62.5 Å². The lowest BCUT2D eigenvalue weighted by molar-refractivity contribution is 0.0659. The van der Waals surface area contributed by atoms with Crippen LogP contribution in [-0.4, -0.2) is 11.1 Å². The lowest BCUT2D eigenvalue weighted by atomic mass is 10.2. The van der Waals surface area contributed by atoms with E-state index in [1.807, 2.05) is 6.07 Å². The Morgan fingerprint density at radius 3 is 2.79 bits per heavy atom. The van der Waals surface area contributed by atoms with Gasteiger partial charge in [-0.15, -0.1) is 0 Å². The van der Waals surface area contributed by atoms with Crippen molar-refractivity contribution in [3.8, 4) is 0 Å². The van der Waals surface area contributed by atoms with Crippen LogP contribution in [0, 0.1) is 12.7 Å². The van der Waals surface area contributed by atoms with Crippen molar-refractivity contribution in [1.29, 1.82) is 0 Å². The average Bonchev–Trinajstić information content (AvgIpc) is 2.71. The zero-order valence-corrected chi connectivity index (χ0v) is 10.4. The molecule has 100 valence electrons. The maximum atomic E-state index is 13.0. The molecule has 1 heterocycles. The Labute approximate surface area is 109 Å². The number of furan rings is 1. The number of carbonyl (C=O) groups is 1. The van der Waals surface area contributed by atoms with Crippen LogP contribution in [-0.2, 0) is 13.1 Å². The molecule has 0 fully saturated rings. The Kier molecular flexibility index (Phi) is 3.97. The third kappa shape index (κ3) is 3.42. The van der Waals surface area contributed by atoms with Crippen LogP contribution in [0.3, 0.4) is 0 Å². The maximum Gasteiger partial charge on any atom is 0.372 e. The van der Waals surface area contributed by atoms with Crippen LogP contribution in [0.2, 0.25) is 0 Å². The predicted molar refractivity (Wildman–Crippen MR) is 67.3 cm³/mol. The lowest BCUT2D eigenvalue weighted by Crippen LogP contribution is -2.12. The van der Waals surface area contributed by atoms with Crippen LogP contribution in [0.1, 0.15) is 27.4 Å². The fourth-order valence-corrected chi connectivity index (χ4v) is 1.82. The van der Waals surface area contributed by atoms with Crippen molar-refractivity contribution in [1.82, 2.24) is 5.32 Å². The molecule has 1 aromatic heterocycles. The van der Waals surface area contributed by atoms with Crippen LogP contribution >= 0.6 is 0 Å². The van der Waals surface area contributed by atoms with Gasteiger partial charge in [-0.05, 0) is 30.7 Å². The van der Waals surface area contributed by atoms with Gasteiger partial charge in [0.1, 0.15) is 11.6 Å². The zero-order valence-electron chi connectivity index (χ0n) is 10.4. The highest BCUT2D eigenvalue weighted by atomic mass is 19.1. The standard InChI is InChI=1S/C14H14FNO3/c1-9-5-12(19-13(9)14(17)18)8-16-7-10-3-2-4-11(15)6-10/h2-6,16H,7-8H2,1H3,(H,17,18). The molecule has 4 nitrogen and oxygen atoms in total. The Bertz CT molecular complexity index is 592. The molecule has 2 rings (SSSR count). The summed E-state index contributed by atoms with van der Waals surface area (Å²) in [4.78, 5) is 10.8. The molecule has 0 unspecified atom stereocenters. The highest BCUT2D eigenvalue weighted by Gasteiger charge is 2.13. The van der Waals surface area contributed by atoms with Gasteiger partial charge in [-0.25, -0.2) is 9.18 Å². The first-order valence-electron chi connectivity index (χ1n) is 5.84. The van der Waals surface area contributed by atoms with Crippen molar-refractivity contribution in [3.05, 3.63) is 58.8 Å². The van der Waals surface area contributed by atoms with Crippen molar-refractivity contribution in [2.24, 2.45) is 0 Å². The molecule has 0 aliphatic carbocycles. The van der Waals surface area contributed by atoms with E-state index >= 15 is 0 Å². The van der Waals surface area contributed by atoms with Gasteiger partial charge in [0.15, 0.2) is 0 Å². The Morgan fingerprint density at radius 2 is 2.16 bits per heavy atom. The van der Waals surface area contributed by atoms with Gasteiger partial charge in [0.25, 0.3) is 0 Å². The van der Waals surface area contributed by atoms with E-state index in [1.165, 1.54) is 12.1 Å². The van der Waals surface area contributed by atoms with Gasteiger partial charge >= 0.3 is 5.97 Å². The summed E-state index contributed by atoms with van der Waals surface area (Å²) in [5.74, 6) is -0.843. The van der Waals surface area contributed by atoms with Crippen molar-refractivity contribution in [2.75, 3.05) is 0 Å². The first kappa shape index (κ1) is 13.3. The van der Waals surface area contributed by atoms with Gasteiger partial charge in [-0.2, -0.15) is 0 Å². The number of halogens is 1. The first-order chi connectivity index (χ1) is 9.06. The second kappa shape index (κ2) is 5.67. The van der Waals surface area contributed by atoms with E-state index in [4.69, 9.17) is 9.52 Å². The zero-order chi connectivity index (χ0) is 13.8. The molecule has 0 amide bonds. The fourth-order valence-electron chi connectivity index (χ4n) is 1.82. The van der Waals surface area contributed by atoms with Crippen LogP contribution < -0.4 is 5.32 Å². The summed E-state index contributed by atoms with van der Waals surface area (Å²) in [6.07, 6.45) is 0. The molecular weight excluding hydrogens is 249 g/mol. The van der Waals surface area contributed by atoms with E-state index in [2.05, 4.69) is 5.32 Å². The second-order valence-electron chi connectivity index (χ2n) is 4.26. The molecule has 0 radical (unpaired) electrons. The summed E-state index contributed by atoms with van der Waals surface area (Å²) in [5, 5.41) is 11.9. The number of aromatic carboxylic acids is 1. The van der Waals surface area contributed by atoms with Crippen LogP contribution in [0.15, 0.2) is 34.7 Å². The van der Waals surface area contributed by atoms with E-state index in [9.17, 15) is 9.18 Å². The summed E-state index contributed by atoms with van der Waals surface area (Å²) in [6.45, 7) is 2.56. The van der Waals surface area contributed by atoms with Crippen molar-refractivity contribution in [3.63, 3.8) is 0 Å². The number of carboxylic acid groups (broad SMARTS) is 1. The Balaban J connectivity index is 1.92. The summed E-state index contributed by atoms with van der Waals surface area (Å²) >= 11 is 0. The molecule has 19 heavy (non-hydrogen) atoms. The Morgan fingerprint density at radius 1 is 1.37 bits per heavy atom. The van der Waals surface area contributed by atoms with Gasteiger partial charge in [0.2, 0.25) is 5.76 Å². The lowest BCUT2D eigenvalue weighted by Gasteiger charge is -2.02. The van der Waals surface area contributed by atoms with Gasteiger partial charge in [-0.1, -0.05) is 12.1 Å². The van der Waals surface area contributed by atoms with Gasteiger partial charge < -0.3 is 14.8 Å². The minimum Gasteiger partial charge on any atom is -0.475 e. The molecule has 0 saturated carbocycles. The summed E-state index contributed by atoms with van der Waals surface area (Å²) in [7, 11) is 0. The predicted octanol–water partition coefficient (Wildman–Crippen LogP) is 2.72. The summed E-state index contributed by atoms with van der Waals surface area (Å²) in [5.41, 5.74) is 1.41. The normalized spacial score (nSPS) is 10.6. The number of nitrogens with one attached hydrogen (secondary N) is 1. The highest BCUT2D eigenvalue weighted by Crippen LogP contribution is 2.14. The monoisotopic (exact) mass is 263 g/mol. The largest absolute Gasteiger partial charge is 0.475 e.